The van der Waals surface area contributed by atoms with Gasteiger partial charge in [-0.3, -0.25) is 10.1 Å². The van der Waals surface area contributed by atoms with Crippen molar-refractivity contribution in [3.8, 4) is 0 Å². The Hall–Kier alpha value is -0.650. The van der Waals surface area contributed by atoms with Crippen molar-refractivity contribution in [3.05, 3.63) is 0 Å². The molecule has 0 aromatic rings. The number of aliphatic carboxylic acids is 1. The molecule has 3 N–H and O–H groups in total. The molecule has 0 spiro atoms. The van der Waals surface area contributed by atoms with Crippen LogP contribution in [0.3, 0.4) is 0 Å². The van der Waals surface area contributed by atoms with E-state index in [0.717, 1.165) is 0 Å². The third-order valence-electron chi connectivity index (χ3n) is 1.94. The molecule has 0 radical (unpaired) electrons. The monoisotopic (exact) mass is 203 g/mol. The van der Waals surface area contributed by atoms with Crippen LogP contribution in [0.1, 0.15) is 27.2 Å². The number of hydrogen-bond donors (Lipinski definition) is 3. The highest BCUT2D eigenvalue weighted by Gasteiger charge is 2.43. The quantitative estimate of drug-likeness (QED) is 0.548. The van der Waals surface area contributed by atoms with Gasteiger partial charge in [0.25, 0.3) is 0 Å². The molecule has 5 heteroatoms. The van der Waals surface area contributed by atoms with Gasteiger partial charge in [0.05, 0.1) is 12.1 Å². The normalized spacial score (nSPS) is 33.3. The Balaban J connectivity index is 2.58. The summed E-state index contributed by atoms with van der Waals surface area (Å²) in [6.45, 7) is 5.61. The first-order valence-electron chi connectivity index (χ1n) is 4.61. The van der Waals surface area contributed by atoms with E-state index in [0.29, 0.717) is 0 Å². The molecule has 0 aromatic heterocycles. The molecule has 0 amide bonds. The predicted octanol–water partition coefficient (Wildman–Crippen LogP) is -0.0634. The van der Waals surface area contributed by atoms with Gasteiger partial charge in [0.2, 0.25) is 0 Å². The first kappa shape index (κ1) is 11.4. The van der Waals surface area contributed by atoms with Gasteiger partial charge in [-0.25, -0.2) is 0 Å². The zero-order valence-electron chi connectivity index (χ0n) is 8.70. The van der Waals surface area contributed by atoms with Gasteiger partial charge in [-0.1, -0.05) is 0 Å². The third-order valence-corrected chi connectivity index (χ3v) is 1.94. The van der Waals surface area contributed by atoms with Crippen LogP contribution >= 0.6 is 0 Å². The van der Waals surface area contributed by atoms with Crippen LogP contribution in [0, 0.1) is 0 Å². The number of aliphatic hydroxyl groups is 1. The molecule has 5 nitrogen and oxygen atoms in total. The van der Waals surface area contributed by atoms with Gasteiger partial charge in [0, 0.05) is 6.42 Å². The fourth-order valence-corrected chi connectivity index (χ4v) is 1.57. The van der Waals surface area contributed by atoms with Crippen LogP contribution in [0.5, 0.6) is 0 Å². The van der Waals surface area contributed by atoms with E-state index in [4.69, 9.17) is 9.84 Å². The van der Waals surface area contributed by atoms with Crippen molar-refractivity contribution in [2.45, 2.75) is 44.6 Å². The van der Waals surface area contributed by atoms with Gasteiger partial charge in [-0.05, 0) is 20.8 Å². The van der Waals surface area contributed by atoms with Crippen molar-refractivity contribution in [2.24, 2.45) is 0 Å². The molecule has 0 bridgehead atoms. The molecule has 0 aromatic carbocycles. The molecular weight excluding hydrogens is 186 g/mol. The molecule has 1 heterocycles. The molecule has 0 unspecified atom stereocenters. The number of rotatable bonds is 2. The van der Waals surface area contributed by atoms with Crippen molar-refractivity contribution in [1.29, 1.82) is 0 Å². The topological polar surface area (TPSA) is 78.8 Å². The lowest BCUT2D eigenvalue weighted by atomic mass is 10.1. The summed E-state index contributed by atoms with van der Waals surface area (Å²) in [4.78, 5) is 10.6. The maximum Gasteiger partial charge on any atom is 0.320 e. The number of β-amino-alcohol motifs (C(OH)–C–C–N with tert-alkyl or cyclic N) is 1. The van der Waals surface area contributed by atoms with Gasteiger partial charge < -0.3 is 14.9 Å². The fraction of sp³-hybridized carbons (Fsp3) is 0.889. The summed E-state index contributed by atoms with van der Waals surface area (Å²) in [5.74, 6) is -2.32. The maximum absolute atomic E-state index is 10.6. The average molecular weight is 203 g/mol. The minimum Gasteiger partial charge on any atom is -0.480 e. The highest BCUT2D eigenvalue weighted by Crippen LogP contribution is 2.26. The number of ether oxygens (including phenoxy) is 1. The van der Waals surface area contributed by atoms with Crippen molar-refractivity contribution in [1.82, 2.24) is 5.32 Å². The summed E-state index contributed by atoms with van der Waals surface area (Å²) in [7, 11) is 0. The molecule has 82 valence electrons. The minimum absolute atomic E-state index is 0.0829. The second-order valence-electron chi connectivity index (χ2n) is 4.64. The molecule has 1 saturated heterocycles. The van der Waals surface area contributed by atoms with Crippen LogP contribution in [0.2, 0.25) is 0 Å². The van der Waals surface area contributed by atoms with Gasteiger partial charge in [0.1, 0.15) is 6.04 Å². The lowest BCUT2D eigenvalue weighted by Gasteiger charge is -2.31. The van der Waals surface area contributed by atoms with E-state index < -0.39 is 23.4 Å². The number of hydrogen-bond acceptors (Lipinski definition) is 4. The Labute approximate surface area is 83.1 Å². The summed E-state index contributed by atoms with van der Waals surface area (Å²) < 4.78 is 5.40. The SMILES string of the molecule is CC(C)(C)O[C@]1(O)CN[C@H](C(=O)O)C1. The van der Waals surface area contributed by atoms with Gasteiger partial charge in [-0.15, -0.1) is 0 Å². The molecule has 1 aliphatic rings. The maximum atomic E-state index is 10.6. The lowest BCUT2D eigenvalue weighted by Crippen LogP contribution is -2.41. The molecule has 1 rings (SSSR count). The summed E-state index contributed by atoms with van der Waals surface area (Å²) in [6.07, 6.45) is 0.0829. The van der Waals surface area contributed by atoms with E-state index in [1.165, 1.54) is 0 Å². The Morgan fingerprint density at radius 1 is 1.57 bits per heavy atom. The zero-order chi connectivity index (χ0) is 11.0. The van der Waals surface area contributed by atoms with E-state index in [1.807, 2.05) is 20.8 Å². The highest BCUT2D eigenvalue weighted by molar-refractivity contribution is 5.74. The summed E-state index contributed by atoms with van der Waals surface area (Å²) in [6, 6.07) is -0.720. The Kier molecular flexibility index (Phi) is 2.85. The molecule has 0 aliphatic carbocycles. The van der Waals surface area contributed by atoms with Crippen LogP contribution in [0.4, 0.5) is 0 Å². The second-order valence-corrected chi connectivity index (χ2v) is 4.64. The zero-order valence-corrected chi connectivity index (χ0v) is 8.70. The second kappa shape index (κ2) is 3.49. The lowest BCUT2D eigenvalue weighted by molar-refractivity contribution is -0.240. The van der Waals surface area contributed by atoms with Crippen molar-refractivity contribution in [2.75, 3.05) is 6.54 Å². The molecule has 0 saturated carbocycles. The van der Waals surface area contributed by atoms with E-state index in [-0.39, 0.29) is 13.0 Å². The van der Waals surface area contributed by atoms with E-state index >= 15 is 0 Å². The van der Waals surface area contributed by atoms with Gasteiger partial charge in [0.15, 0.2) is 5.79 Å². The van der Waals surface area contributed by atoms with Crippen LogP contribution in [-0.4, -0.2) is 40.2 Å². The largest absolute Gasteiger partial charge is 0.480 e. The first-order chi connectivity index (χ1) is 6.22. The van der Waals surface area contributed by atoms with Crippen molar-refractivity contribution < 1.29 is 19.7 Å². The predicted molar refractivity (Wildman–Crippen MR) is 49.8 cm³/mol. The standard InChI is InChI=1S/C9H17NO4/c1-8(2,3)14-9(13)4-6(7(11)12)10-5-9/h6,10,13H,4-5H2,1-3H3,(H,11,12)/t6-,9-/m0/s1. The van der Waals surface area contributed by atoms with Gasteiger partial charge >= 0.3 is 5.97 Å². The Bertz CT molecular complexity index is 235. The van der Waals surface area contributed by atoms with Gasteiger partial charge in [-0.2, -0.15) is 0 Å². The third kappa shape index (κ3) is 2.94. The molecule has 2 atom stereocenters. The van der Waals surface area contributed by atoms with Crippen molar-refractivity contribution in [3.63, 3.8) is 0 Å². The van der Waals surface area contributed by atoms with Crippen LogP contribution < -0.4 is 5.32 Å². The molecule has 1 aliphatic heterocycles. The summed E-state index contributed by atoms with van der Waals surface area (Å²) >= 11 is 0. The molecule has 1 fully saturated rings. The van der Waals surface area contributed by atoms with Crippen molar-refractivity contribution >= 4 is 5.97 Å². The smallest absolute Gasteiger partial charge is 0.320 e. The van der Waals surface area contributed by atoms with E-state index in [2.05, 4.69) is 5.32 Å². The molecular formula is C9H17NO4. The number of carboxylic acid groups (broad SMARTS) is 1. The van der Waals surface area contributed by atoms with Crippen LogP contribution in [0.15, 0.2) is 0 Å². The van der Waals surface area contributed by atoms with E-state index in [1.54, 1.807) is 0 Å². The Morgan fingerprint density at radius 2 is 2.14 bits per heavy atom. The number of carboxylic acids is 1. The number of carbonyl (C=O) groups is 1. The Morgan fingerprint density at radius 3 is 2.50 bits per heavy atom. The summed E-state index contributed by atoms with van der Waals surface area (Å²) in [5.41, 5.74) is -0.482. The number of nitrogens with one attached hydrogen (secondary N) is 1. The average Bonchev–Trinajstić information content (AvgIpc) is 2.27. The molecule has 14 heavy (non-hydrogen) atoms. The van der Waals surface area contributed by atoms with Crippen LogP contribution in [0.25, 0.3) is 0 Å². The van der Waals surface area contributed by atoms with E-state index in [9.17, 15) is 9.90 Å². The summed E-state index contributed by atoms with van der Waals surface area (Å²) in [5, 5.41) is 21.3. The van der Waals surface area contributed by atoms with Crippen LogP contribution in [-0.2, 0) is 9.53 Å². The first-order valence-corrected chi connectivity index (χ1v) is 4.61. The minimum atomic E-state index is -1.36. The fourth-order valence-electron chi connectivity index (χ4n) is 1.57. The highest BCUT2D eigenvalue weighted by atomic mass is 16.6.